The van der Waals surface area contributed by atoms with Gasteiger partial charge in [-0.25, -0.2) is 9.59 Å². The van der Waals surface area contributed by atoms with Crippen molar-refractivity contribution in [2.75, 3.05) is 52.3 Å². The molecule has 22 heavy (non-hydrogen) atoms. The maximum atomic E-state index is 11.6. The summed E-state index contributed by atoms with van der Waals surface area (Å²) in [6, 6.07) is 6.68. The summed E-state index contributed by atoms with van der Waals surface area (Å²) in [5.74, 6) is 0. The number of anilines is 2. The molecule has 0 bridgehead atoms. The summed E-state index contributed by atoms with van der Waals surface area (Å²) >= 11 is 0. The van der Waals surface area contributed by atoms with E-state index in [2.05, 4.69) is 10.6 Å². The highest BCUT2D eigenvalue weighted by Crippen LogP contribution is 2.15. The molecule has 8 nitrogen and oxygen atoms in total. The maximum absolute atomic E-state index is 11.6. The van der Waals surface area contributed by atoms with Crippen LogP contribution in [0.3, 0.4) is 0 Å². The van der Waals surface area contributed by atoms with Gasteiger partial charge in [-0.1, -0.05) is 6.07 Å². The van der Waals surface area contributed by atoms with Crippen molar-refractivity contribution in [2.24, 2.45) is 0 Å². The summed E-state index contributed by atoms with van der Waals surface area (Å²) in [7, 11) is 7.16. The SMILES string of the molecule is CN(C)COC(=O)Nc1cccc(NC(=O)OCN(C)C)c1. The summed E-state index contributed by atoms with van der Waals surface area (Å²) in [6.45, 7) is 0.362. The number of benzene rings is 1. The van der Waals surface area contributed by atoms with E-state index in [0.717, 1.165) is 0 Å². The van der Waals surface area contributed by atoms with Crippen molar-refractivity contribution < 1.29 is 19.1 Å². The van der Waals surface area contributed by atoms with E-state index in [1.165, 1.54) is 0 Å². The molecule has 1 rings (SSSR count). The van der Waals surface area contributed by atoms with Crippen molar-refractivity contribution in [1.82, 2.24) is 9.80 Å². The first-order chi connectivity index (χ1) is 10.4. The normalized spacial score (nSPS) is 10.5. The van der Waals surface area contributed by atoms with Crippen LogP contribution in [0.5, 0.6) is 0 Å². The zero-order valence-electron chi connectivity index (χ0n) is 13.3. The number of nitrogens with zero attached hydrogens (tertiary/aromatic N) is 2. The molecule has 0 aliphatic rings. The van der Waals surface area contributed by atoms with Crippen LogP contribution in [0.2, 0.25) is 0 Å². The minimum atomic E-state index is -0.568. The van der Waals surface area contributed by atoms with Gasteiger partial charge in [0.05, 0.1) is 0 Å². The molecule has 0 spiro atoms. The lowest BCUT2D eigenvalue weighted by atomic mass is 10.3. The van der Waals surface area contributed by atoms with E-state index >= 15 is 0 Å². The molecule has 122 valence electrons. The highest BCUT2D eigenvalue weighted by molar-refractivity contribution is 5.88. The molecule has 0 unspecified atom stereocenters. The molecule has 0 aliphatic heterocycles. The molecule has 0 fully saturated rings. The van der Waals surface area contributed by atoms with Gasteiger partial charge in [-0.2, -0.15) is 0 Å². The van der Waals surface area contributed by atoms with Crippen LogP contribution in [0.15, 0.2) is 24.3 Å². The van der Waals surface area contributed by atoms with E-state index in [0.29, 0.717) is 11.4 Å². The van der Waals surface area contributed by atoms with E-state index < -0.39 is 12.2 Å². The molecule has 2 amide bonds. The average Bonchev–Trinajstić information content (AvgIpc) is 2.43. The number of amides is 2. The van der Waals surface area contributed by atoms with Crippen LogP contribution in [0.25, 0.3) is 0 Å². The Bertz CT molecular complexity index is 464. The molecular weight excluding hydrogens is 288 g/mol. The fourth-order valence-corrected chi connectivity index (χ4v) is 1.36. The van der Waals surface area contributed by atoms with E-state index in [-0.39, 0.29) is 13.5 Å². The predicted molar refractivity (Wildman–Crippen MR) is 83.8 cm³/mol. The van der Waals surface area contributed by atoms with Crippen molar-refractivity contribution in [3.8, 4) is 0 Å². The first-order valence-electron chi connectivity index (χ1n) is 6.64. The Labute approximate surface area is 130 Å². The molecule has 0 saturated heterocycles. The molecule has 0 heterocycles. The Hall–Kier alpha value is -2.32. The number of nitrogens with one attached hydrogen (secondary N) is 2. The second kappa shape index (κ2) is 8.85. The van der Waals surface area contributed by atoms with Gasteiger partial charge < -0.3 is 9.47 Å². The number of carbonyl (C=O) groups excluding carboxylic acids is 2. The summed E-state index contributed by atoms with van der Waals surface area (Å²) in [5.41, 5.74) is 1.02. The van der Waals surface area contributed by atoms with E-state index in [1.54, 1.807) is 62.3 Å². The fraction of sp³-hybridized carbons (Fsp3) is 0.429. The van der Waals surface area contributed by atoms with Gasteiger partial charge in [-0.15, -0.1) is 0 Å². The minimum Gasteiger partial charge on any atom is -0.433 e. The van der Waals surface area contributed by atoms with E-state index in [9.17, 15) is 9.59 Å². The molecule has 2 N–H and O–H groups in total. The topological polar surface area (TPSA) is 83.1 Å². The van der Waals surface area contributed by atoms with Gasteiger partial charge in [0, 0.05) is 11.4 Å². The summed E-state index contributed by atoms with van der Waals surface area (Å²) in [5, 5.41) is 5.15. The lowest BCUT2D eigenvalue weighted by Crippen LogP contribution is -2.23. The van der Waals surface area contributed by atoms with Gasteiger partial charge in [0.15, 0.2) is 0 Å². The molecular formula is C14H22N4O4. The van der Waals surface area contributed by atoms with Gasteiger partial charge in [0.1, 0.15) is 13.5 Å². The van der Waals surface area contributed by atoms with Gasteiger partial charge in [-0.3, -0.25) is 20.4 Å². The lowest BCUT2D eigenvalue weighted by molar-refractivity contribution is 0.106. The standard InChI is InChI=1S/C14H22N4O4/c1-17(2)9-21-13(19)15-11-6-5-7-12(8-11)16-14(20)22-10-18(3)4/h5-8H,9-10H2,1-4H3,(H,15,19)(H,16,20). The Morgan fingerprint density at radius 1 is 0.909 bits per heavy atom. The van der Waals surface area contributed by atoms with Gasteiger partial charge in [0.25, 0.3) is 0 Å². The Kier molecular flexibility index (Phi) is 7.14. The van der Waals surface area contributed by atoms with Crippen LogP contribution in [-0.4, -0.2) is 63.6 Å². The highest BCUT2D eigenvalue weighted by atomic mass is 16.6. The largest absolute Gasteiger partial charge is 0.433 e. The number of ether oxygens (including phenoxy) is 2. The molecule has 1 aromatic carbocycles. The Balaban J connectivity index is 2.51. The maximum Gasteiger partial charge on any atom is 0.412 e. The molecule has 0 atom stereocenters. The van der Waals surface area contributed by atoms with E-state index in [1.807, 2.05) is 0 Å². The van der Waals surface area contributed by atoms with Crippen molar-refractivity contribution in [3.05, 3.63) is 24.3 Å². The van der Waals surface area contributed by atoms with Crippen LogP contribution in [0.4, 0.5) is 21.0 Å². The van der Waals surface area contributed by atoms with Crippen LogP contribution < -0.4 is 10.6 Å². The van der Waals surface area contributed by atoms with Crippen LogP contribution in [0.1, 0.15) is 0 Å². The molecule has 0 aliphatic carbocycles. The highest BCUT2D eigenvalue weighted by Gasteiger charge is 2.07. The van der Waals surface area contributed by atoms with E-state index in [4.69, 9.17) is 9.47 Å². The second-order valence-electron chi connectivity index (χ2n) is 5.11. The molecule has 0 saturated carbocycles. The van der Waals surface area contributed by atoms with Crippen LogP contribution in [0, 0.1) is 0 Å². The lowest BCUT2D eigenvalue weighted by Gasteiger charge is -2.13. The third-order valence-electron chi connectivity index (χ3n) is 2.26. The fourth-order valence-electron chi connectivity index (χ4n) is 1.36. The Morgan fingerprint density at radius 2 is 1.32 bits per heavy atom. The summed E-state index contributed by atoms with van der Waals surface area (Å²) in [4.78, 5) is 26.5. The van der Waals surface area contributed by atoms with Gasteiger partial charge >= 0.3 is 12.2 Å². The van der Waals surface area contributed by atoms with Crippen LogP contribution in [-0.2, 0) is 9.47 Å². The smallest absolute Gasteiger partial charge is 0.412 e. The summed E-state index contributed by atoms with van der Waals surface area (Å²) in [6.07, 6.45) is -1.14. The third kappa shape index (κ3) is 7.46. The predicted octanol–water partition coefficient (Wildman–Crippen LogP) is 1.82. The van der Waals surface area contributed by atoms with Crippen molar-refractivity contribution in [1.29, 1.82) is 0 Å². The number of rotatable bonds is 6. The van der Waals surface area contributed by atoms with Crippen molar-refractivity contribution >= 4 is 23.6 Å². The molecule has 0 radical (unpaired) electrons. The van der Waals surface area contributed by atoms with Gasteiger partial charge in [0.2, 0.25) is 0 Å². The third-order valence-corrected chi connectivity index (χ3v) is 2.26. The zero-order chi connectivity index (χ0) is 16.5. The monoisotopic (exact) mass is 310 g/mol. The van der Waals surface area contributed by atoms with Crippen LogP contribution >= 0.6 is 0 Å². The number of carbonyl (C=O) groups is 2. The Morgan fingerprint density at radius 3 is 1.68 bits per heavy atom. The molecule has 8 heteroatoms. The quantitative estimate of drug-likeness (QED) is 0.780. The first kappa shape index (κ1) is 17.7. The second-order valence-corrected chi connectivity index (χ2v) is 5.11. The van der Waals surface area contributed by atoms with Crippen molar-refractivity contribution in [2.45, 2.75) is 0 Å². The summed E-state index contributed by atoms with van der Waals surface area (Å²) < 4.78 is 9.90. The molecule has 1 aromatic rings. The molecule has 0 aromatic heterocycles. The average molecular weight is 310 g/mol. The zero-order valence-corrected chi connectivity index (χ0v) is 13.3. The minimum absolute atomic E-state index is 0.181. The van der Waals surface area contributed by atoms with Crippen molar-refractivity contribution in [3.63, 3.8) is 0 Å². The number of hydrogen-bond donors (Lipinski definition) is 2. The van der Waals surface area contributed by atoms with Gasteiger partial charge in [-0.05, 0) is 46.4 Å². The first-order valence-corrected chi connectivity index (χ1v) is 6.64. The number of hydrogen-bond acceptors (Lipinski definition) is 6.